The molecule has 1 aromatic rings. The second-order valence-corrected chi connectivity index (χ2v) is 3.83. The Morgan fingerprint density at radius 3 is 2.63 bits per heavy atom. The summed E-state index contributed by atoms with van der Waals surface area (Å²) in [5, 5.41) is 11.5. The van der Waals surface area contributed by atoms with Crippen LogP contribution in [0.5, 0.6) is 0 Å². The van der Waals surface area contributed by atoms with Crippen molar-refractivity contribution in [1.29, 1.82) is 0 Å². The third-order valence-corrected chi connectivity index (χ3v) is 2.13. The molecule has 0 saturated carbocycles. The minimum Gasteiger partial charge on any atom is -0.409 e. The van der Waals surface area contributed by atoms with Crippen LogP contribution in [0.15, 0.2) is 52.8 Å². The van der Waals surface area contributed by atoms with E-state index in [1.54, 1.807) is 13.0 Å². The maximum absolute atomic E-state index is 13.1. The molecule has 0 aliphatic heterocycles. The number of nitrogens with two attached hydrogens (primary N) is 2. The van der Waals surface area contributed by atoms with Gasteiger partial charge in [0.15, 0.2) is 5.84 Å². The molecule has 6 heteroatoms. The highest BCUT2D eigenvalue weighted by Crippen LogP contribution is 2.11. The van der Waals surface area contributed by atoms with E-state index < -0.39 is 5.82 Å². The molecule has 0 radical (unpaired) electrons. The average Bonchev–Trinajstić information content (AvgIpc) is 2.36. The van der Waals surface area contributed by atoms with Gasteiger partial charge in [-0.15, -0.1) is 0 Å². The highest BCUT2D eigenvalue weighted by atomic mass is 19.1. The predicted molar refractivity (Wildman–Crippen MR) is 74.2 cm³/mol. The first-order chi connectivity index (χ1) is 8.93. The van der Waals surface area contributed by atoms with Gasteiger partial charge in [0.25, 0.3) is 0 Å². The quantitative estimate of drug-likeness (QED) is 0.334. The summed E-state index contributed by atoms with van der Waals surface area (Å²) in [5.41, 5.74) is 12.6. The summed E-state index contributed by atoms with van der Waals surface area (Å²) < 4.78 is 13.1. The lowest BCUT2D eigenvalue weighted by molar-refractivity contribution is 0.319. The lowest BCUT2D eigenvalue weighted by atomic mass is 10.1. The molecule has 5 nitrogen and oxygen atoms in total. The first-order valence-electron chi connectivity index (χ1n) is 5.39. The Hall–Kier alpha value is -2.63. The SMILES string of the molecule is C=C(C)/N=C(\C=C(/N)c1cccc(F)c1)C(/N)=N/O. The van der Waals surface area contributed by atoms with Gasteiger partial charge in [0.05, 0.1) is 0 Å². The monoisotopic (exact) mass is 262 g/mol. The molecule has 1 aromatic carbocycles. The van der Waals surface area contributed by atoms with Gasteiger partial charge in [-0.05, 0) is 25.1 Å². The molecule has 5 N–H and O–H groups in total. The van der Waals surface area contributed by atoms with Gasteiger partial charge in [0.2, 0.25) is 0 Å². The Balaban J connectivity index is 3.20. The molecule has 1 rings (SSSR count). The number of halogens is 1. The van der Waals surface area contributed by atoms with Crippen molar-refractivity contribution >= 4 is 17.2 Å². The first kappa shape index (κ1) is 14.4. The van der Waals surface area contributed by atoms with Crippen LogP contribution in [0, 0.1) is 5.82 Å². The van der Waals surface area contributed by atoms with Crippen LogP contribution < -0.4 is 11.5 Å². The Morgan fingerprint density at radius 1 is 1.42 bits per heavy atom. The van der Waals surface area contributed by atoms with E-state index in [-0.39, 0.29) is 17.2 Å². The summed E-state index contributed by atoms with van der Waals surface area (Å²) in [6, 6.07) is 5.75. The molecule has 19 heavy (non-hydrogen) atoms. The van der Waals surface area contributed by atoms with Crippen LogP contribution >= 0.6 is 0 Å². The molecule has 0 amide bonds. The second kappa shape index (κ2) is 6.34. The lowest BCUT2D eigenvalue weighted by Crippen LogP contribution is -2.23. The van der Waals surface area contributed by atoms with Gasteiger partial charge < -0.3 is 16.7 Å². The predicted octanol–water partition coefficient (Wildman–Crippen LogP) is 1.85. The Kier molecular flexibility index (Phi) is 4.82. The Labute approximate surface area is 110 Å². The normalized spacial score (nSPS) is 13.5. The standard InChI is InChI=1S/C13H15FN4O/c1-8(2)17-12(13(16)18-19)7-11(15)9-4-3-5-10(14)6-9/h3-7,19H,1,15H2,2H3,(H2,16,18)/b11-7-,17-12+. The lowest BCUT2D eigenvalue weighted by Gasteiger charge is -2.04. The van der Waals surface area contributed by atoms with Gasteiger partial charge in [-0.3, -0.25) is 4.99 Å². The topological polar surface area (TPSA) is 97.0 Å². The van der Waals surface area contributed by atoms with E-state index in [4.69, 9.17) is 16.7 Å². The minimum atomic E-state index is -0.406. The van der Waals surface area contributed by atoms with E-state index in [1.165, 1.54) is 24.3 Å². The first-order valence-corrected chi connectivity index (χ1v) is 5.39. The fourth-order valence-corrected chi connectivity index (χ4v) is 1.32. The van der Waals surface area contributed by atoms with Crippen LogP contribution in [0.2, 0.25) is 0 Å². The molecule has 0 unspecified atom stereocenters. The van der Waals surface area contributed by atoms with E-state index >= 15 is 0 Å². The highest BCUT2D eigenvalue weighted by Gasteiger charge is 2.06. The van der Waals surface area contributed by atoms with Crippen LogP contribution in [0.4, 0.5) is 4.39 Å². The maximum atomic E-state index is 13.1. The van der Waals surface area contributed by atoms with Crippen LogP contribution in [-0.2, 0) is 0 Å². The van der Waals surface area contributed by atoms with Crippen molar-refractivity contribution < 1.29 is 9.60 Å². The smallest absolute Gasteiger partial charge is 0.188 e. The summed E-state index contributed by atoms with van der Waals surface area (Å²) in [4.78, 5) is 3.99. The molecule has 0 bridgehead atoms. The number of aliphatic imine (C=N–C) groups is 1. The largest absolute Gasteiger partial charge is 0.409 e. The summed E-state index contributed by atoms with van der Waals surface area (Å²) in [5.74, 6) is -0.613. The number of nitrogens with zero attached hydrogens (tertiary/aromatic N) is 2. The van der Waals surface area contributed by atoms with Crippen LogP contribution in [0.1, 0.15) is 12.5 Å². The van der Waals surface area contributed by atoms with Gasteiger partial charge in [-0.1, -0.05) is 23.9 Å². The second-order valence-electron chi connectivity index (χ2n) is 3.83. The number of hydrogen-bond acceptors (Lipinski definition) is 4. The van der Waals surface area contributed by atoms with Crippen molar-refractivity contribution in [1.82, 2.24) is 0 Å². The maximum Gasteiger partial charge on any atom is 0.188 e. The number of amidine groups is 1. The number of rotatable bonds is 4. The third kappa shape index (κ3) is 4.27. The van der Waals surface area contributed by atoms with E-state index in [0.29, 0.717) is 11.3 Å². The number of benzene rings is 1. The number of hydrogen-bond donors (Lipinski definition) is 3. The van der Waals surface area contributed by atoms with Gasteiger partial charge in [-0.2, -0.15) is 0 Å². The van der Waals surface area contributed by atoms with E-state index in [0.717, 1.165) is 0 Å². The van der Waals surface area contributed by atoms with Gasteiger partial charge in [0.1, 0.15) is 11.5 Å². The Bertz CT molecular complexity index is 576. The molecule has 0 saturated heterocycles. The summed E-state index contributed by atoms with van der Waals surface area (Å²) in [6.07, 6.45) is 1.39. The van der Waals surface area contributed by atoms with Crippen LogP contribution in [-0.4, -0.2) is 16.8 Å². The highest BCUT2D eigenvalue weighted by molar-refractivity contribution is 6.46. The van der Waals surface area contributed by atoms with Gasteiger partial charge in [-0.25, -0.2) is 4.39 Å². The van der Waals surface area contributed by atoms with E-state index in [9.17, 15) is 4.39 Å². The van der Waals surface area contributed by atoms with Crippen molar-refractivity contribution in [2.45, 2.75) is 6.92 Å². The molecule has 0 atom stereocenters. The minimum absolute atomic E-state index is 0.150. The van der Waals surface area contributed by atoms with Crippen LogP contribution in [0.25, 0.3) is 5.70 Å². The molecule has 0 spiro atoms. The van der Waals surface area contributed by atoms with E-state index in [1.807, 2.05) is 0 Å². The molecule has 0 heterocycles. The van der Waals surface area contributed by atoms with Gasteiger partial charge >= 0.3 is 0 Å². The number of oxime groups is 1. The molecular formula is C13H15FN4O. The van der Waals surface area contributed by atoms with Crippen molar-refractivity contribution in [3.63, 3.8) is 0 Å². The number of allylic oxidation sites excluding steroid dienone is 1. The fourth-order valence-electron chi connectivity index (χ4n) is 1.32. The van der Waals surface area contributed by atoms with Crippen molar-refractivity contribution in [2.75, 3.05) is 0 Å². The summed E-state index contributed by atoms with van der Waals surface area (Å²) >= 11 is 0. The fraction of sp³-hybridized carbons (Fsp3) is 0.0769. The van der Waals surface area contributed by atoms with Crippen molar-refractivity contribution in [3.8, 4) is 0 Å². The van der Waals surface area contributed by atoms with Crippen LogP contribution in [0.3, 0.4) is 0 Å². The Morgan fingerprint density at radius 2 is 2.11 bits per heavy atom. The molecule has 0 aliphatic carbocycles. The molecule has 0 aliphatic rings. The van der Waals surface area contributed by atoms with Crippen molar-refractivity contribution in [3.05, 3.63) is 54.0 Å². The third-order valence-electron chi connectivity index (χ3n) is 2.13. The zero-order chi connectivity index (χ0) is 14.4. The average molecular weight is 262 g/mol. The zero-order valence-electron chi connectivity index (χ0n) is 10.5. The van der Waals surface area contributed by atoms with Crippen molar-refractivity contribution in [2.24, 2.45) is 21.6 Å². The van der Waals surface area contributed by atoms with Gasteiger partial charge in [0, 0.05) is 17.0 Å². The molecule has 0 aromatic heterocycles. The summed E-state index contributed by atoms with van der Waals surface area (Å²) in [7, 11) is 0. The molecule has 0 fully saturated rings. The van der Waals surface area contributed by atoms with E-state index in [2.05, 4.69) is 16.7 Å². The zero-order valence-corrected chi connectivity index (χ0v) is 10.5. The molecular weight excluding hydrogens is 247 g/mol. The molecule has 100 valence electrons. The summed E-state index contributed by atoms with van der Waals surface area (Å²) in [6.45, 7) is 5.25.